The zero-order valence-corrected chi connectivity index (χ0v) is 10.3. The predicted molar refractivity (Wildman–Crippen MR) is 65.8 cm³/mol. The van der Waals surface area contributed by atoms with Crippen LogP contribution in [-0.2, 0) is 0 Å². The zero-order chi connectivity index (χ0) is 10.2. The number of hydrogen-bond donors (Lipinski definition) is 0. The molecule has 0 fully saturated rings. The topological polar surface area (TPSA) is 0 Å². The highest BCUT2D eigenvalue weighted by atomic mass is 28.3. The zero-order valence-electron chi connectivity index (χ0n) is 9.30. The second-order valence-electron chi connectivity index (χ2n) is 4.72. The van der Waals surface area contributed by atoms with Gasteiger partial charge in [0.05, 0.1) is 0 Å². The van der Waals surface area contributed by atoms with E-state index in [0.29, 0.717) is 0 Å². The monoisotopic (exact) mass is 202 g/mol. The molecule has 0 atom stereocenters. The Hall–Kier alpha value is -0.823. The van der Waals surface area contributed by atoms with E-state index in [0.717, 1.165) is 0 Å². The standard InChI is InChI=1S/C13H18Si/c1-11-7-6-10-13(11)14(2,3)12-8-4-5-9-12/h4-8H,9-10H2,1-3H3. The molecule has 0 heterocycles. The van der Waals surface area contributed by atoms with Gasteiger partial charge >= 0.3 is 0 Å². The first kappa shape index (κ1) is 9.72. The van der Waals surface area contributed by atoms with Gasteiger partial charge in [-0.25, -0.2) is 0 Å². The number of rotatable bonds is 2. The van der Waals surface area contributed by atoms with Crippen molar-refractivity contribution in [1.82, 2.24) is 0 Å². The van der Waals surface area contributed by atoms with E-state index in [1.54, 1.807) is 10.4 Å². The van der Waals surface area contributed by atoms with Crippen LogP contribution in [0.15, 0.2) is 46.3 Å². The Morgan fingerprint density at radius 3 is 2.43 bits per heavy atom. The van der Waals surface area contributed by atoms with E-state index in [1.165, 1.54) is 18.4 Å². The third-order valence-electron chi connectivity index (χ3n) is 3.49. The van der Waals surface area contributed by atoms with Gasteiger partial charge in [0, 0.05) is 0 Å². The Morgan fingerprint density at radius 2 is 1.93 bits per heavy atom. The van der Waals surface area contributed by atoms with Crippen molar-refractivity contribution in [2.24, 2.45) is 0 Å². The molecule has 0 aromatic rings. The van der Waals surface area contributed by atoms with Gasteiger partial charge in [0.15, 0.2) is 0 Å². The lowest BCUT2D eigenvalue weighted by atomic mass is 10.3. The van der Waals surface area contributed by atoms with Gasteiger partial charge in [0.25, 0.3) is 0 Å². The first-order valence-electron chi connectivity index (χ1n) is 5.35. The van der Waals surface area contributed by atoms with Crippen LogP contribution < -0.4 is 0 Å². The molecule has 0 N–H and O–H groups in total. The van der Waals surface area contributed by atoms with Crippen molar-refractivity contribution in [3.63, 3.8) is 0 Å². The molecule has 74 valence electrons. The van der Waals surface area contributed by atoms with Crippen LogP contribution in [0.1, 0.15) is 19.8 Å². The summed E-state index contributed by atoms with van der Waals surface area (Å²) in [7, 11) is -1.28. The molecule has 0 bridgehead atoms. The summed E-state index contributed by atoms with van der Waals surface area (Å²) in [5.74, 6) is 0. The summed E-state index contributed by atoms with van der Waals surface area (Å²) in [4.78, 5) is 0. The van der Waals surface area contributed by atoms with Crippen LogP contribution in [-0.4, -0.2) is 8.07 Å². The summed E-state index contributed by atoms with van der Waals surface area (Å²) in [5, 5.41) is 3.42. The molecular formula is C13H18Si. The molecule has 0 saturated carbocycles. The van der Waals surface area contributed by atoms with Crippen LogP contribution in [0, 0.1) is 0 Å². The van der Waals surface area contributed by atoms with Crippen molar-refractivity contribution in [3.8, 4) is 0 Å². The summed E-state index contributed by atoms with van der Waals surface area (Å²) in [6.07, 6.45) is 13.8. The summed E-state index contributed by atoms with van der Waals surface area (Å²) in [6.45, 7) is 7.23. The Balaban J connectivity index is 2.29. The molecule has 0 aromatic carbocycles. The maximum atomic E-state index is 2.48. The minimum absolute atomic E-state index is 1.19. The third kappa shape index (κ3) is 1.46. The minimum atomic E-state index is -1.28. The van der Waals surface area contributed by atoms with Gasteiger partial charge < -0.3 is 0 Å². The average Bonchev–Trinajstić information content (AvgIpc) is 2.72. The third-order valence-corrected chi connectivity index (χ3v) is 7.58. The molecule has 0 nitrogen and oxygen atoms in total. The molecule has 0 unspecified atom stereocenters. The molecule has 0 amide bonds. The highest BCUT2D eigenvalue weighted by Crippen LogP contribution is 2.35. The van der Waals surface area contributed by atoms with E-state index in [1.807, 2.05) is 0 Å². The molecule has 2 aliphatic rings. The summed E-state index contributed by atoms with van der Waals surface area (Å²) < 4.78 is 0. The fourth-order valence-corrected chi connectivity index (χ4v) is 5.69. The van der Waals surface area contributed by atoms with Gasteiger partial charge in [-0.05, 0) is 19.8 Å². The van der Waals surface area contributed by atoms with Crippen LogP contribution in [0.25, 0.3) is 0 Å². The van der Waals surface area contributed by atoms with Gasteiger partial charge in [-0.1, -0.05) is 59.4 Å². The summed E-state index contributed by atoms with van der Waals surface area (Å²) >= 11 is 0. The molecule has 0 saturated heterocycles. The molecule has 0 spiro atoms. The van der Waals surface area contributed by atoms with E-state index in [2.05, 4.69) is 50.4 Å². The molecule has 2 aliphatic carbocycles. The van der Waals surface area contributed by atoms with Crippen molar-refractivity contribution in [3.05, 3.63) is 46.3 Å². The highest BCUT2D eigenvalue weighted by molar-refractivity contribution is 6.90. The molecule has 1 heteroatoms. The average molecular weight is 202 g/mol. The second kappa shape index (κ2) is 3.39. The molecular weight excluding hydrogens is 184 g/mol. The van der Waals surface area contributed by atoms with Gasteiger partial charge in [-0.2, -0.15) is 0 Å². The lowest BCUT2D eigenvalue weighted by molar-refractivity contribution is 1.28. The van der Waals surface area contributed by atoms with Crippen molar-refractivity contribution in [2.45, 2.75) is 32.9 Å². The van der Waals surface area contributed by atoms with Gasteiger partial charge in [0.1, 0.15) is 8.07 Å². The van der Waals surface area contributed by atoms with Crippen LogP contribution in [0.3, 0.4) is 0 Å². The minimum Gasteiger partial charge on any atom is -0.0809 e. The Labute approximate surface area is 87.7 Å². The van der Waals surface area contributed by atoms with Crippen LogP contribution in [0.4, 0.5) is 0 Å². The van der Waals surface area contributed by atoms with Crippen LogP contribution in [0.2, 0.25) is 13.1 Å². The Kier molecular flexibility index (Phi) is 2.36. The van der Waals surface area contributed by atoms with E-state index in [4.69, 9.17) is 0 Å². The maximum absolute atomic E-state index is 2.48. The molecule has 14 heavy (non-hydrogen) atoms. The quantitative estimate of drug-likeness (QED) is 0.595. The molecule has 0 radical (unpaired) electrons. The highest BCUT2D eigenvalue weighted by Gasteiger charge is 2.31. The fraction of sp³-hybridized carbons (Fsp3) is 0.385. The van der Waals surface area contributed by atoms with E-state index >= 15 is 0 Å². The molecule has 2 rings (SSSR count). The van der Waals surface area contributed by atoms with Crippen molar-refractivity contribution < 1.29 is 0 Å². The lowest BCUT2D eigenvalue weighted by Gasteiger charge is -2.27. The first-order chi connectivity index (χ1) is 6.62. The van der Waals surface area contributed by atoms with Crippen LogP contribution >= 0.6 is 0 Å². The van der Waals surface area contributed by atoms with Gasteiger partial charge in [-0.15, -0.1) is 0 Å². The van der Waals surface area contributed by atoms with Gasteiger partial charge in [0.2, 0.25) is 0 Å². The smallest absolute Gasteiger partial charge is 0.0809 e. The molecule has 0 aliphatic heterocycles. The van der Waals surface area contributed by atoms with Crippen molar-refractivity contribution in [1.29, 1.82) is 0 Å². The normalized spacial score (nSPS) is 20.9. The molecule has 0 aromatic heterocycles. The Morgan fingerprint density at radius 1 is 1.14 bits per heavy atom. The van der Waals surface area contributed by atoms with Crippen LogP contribution in [0.5, 0.6) is 0 Å². The van der Waals surface area contributed by atoms with Crippen molar-refractivity contribution >= 4 is 8.07 Å². The number of allylic oxidation sites excluding steroid dienone is 8. The number of hydrogen-bond acceptors (Lipinski definition) is 0. The van der Waals surface area contributed by atoms with Crippen molar-refractivity contribution in [2.75, 3.05) is 0 Å². The first-order valence-corrected chi connectivity index (χ1v) is 8.35. The lowest BCUT2D eigenvalue weighted by Crippen LogP contribution is -2.32. The maximum Gasteiger partial charge on any atom is 0.104 e. The second-order valence-corrected chi connectivity index (χ2v) is 9.21. The summed E-state index contributed by atoms with van der Waals surface area (Å²) in [5.41, 5.74) is 1.52. The van der Waals surface area contributed by atoms with Gasteiger partial charge in [-0.3, -0.25) is 0 Å². The fourth-order valence-electron chi connectivity index (χ4n) is 2.47. The Bertz CT molecular complexity index is 365. The predicted octanol–water partition coefficient (Wildman–Crippen LogP) is 3.94. The summed E-state index contributed by atoms with van der Waals surface area (Å²) in [6, 6.07) is 0. The van der Waals surface area contributed by atoms with E-state index < -0.39 is 8.07 Å². The SMILES string of the molecule is CC1=C([Si](C)(C)C2=CC=CC2)CC=C1. The van der Waals surface area contributed by atoms with E-state index in [9.17, 15) is 0 Å². The largest absolute Gasteiger partial charge is 0.104 e. The van der Waals surface area contributed by atoms with E-state index in [-0.39, 0.29) is 0 Å².